The first kappa shape index (κ1) is 25.1. The van der Waals surface area contributed by atoms with Crippen LogP contribution >= 0.6 is 12.4 Å². The van der Waals surface area contributed by atoms with Crippen LogP contribution < -0.4 is 19.5 Å². The molecule has 0 radical (unpaired) electrons. The Kier molecular flexibility index (Phi) is 8.29. The molecule has 8 heteroatoms. The summed E-state index contributed by atoms with van der Waals surface area (Å²) in [6.07, 6.45) is 4.74. The highest BCUT2D eigenvalue weighted by molar-refractivity contribution is 5.85. The number of nitrogens with one attached hydrogen (secondary N) is 1. The molecule has 0 aliphatic carbocycles. The lowest BCUT2D eigenvalue weighted by atomic mass is 9.99. The number of nitrogens with zero attached hydrogens (tertiary/aromatic N) is 3. The van der Waals surface area contributed by atoms with Crippen LogP contribution in [0.1, 0.15) is 29.5 Å². The van der Waals surface area contributed by atoms with Crippen LogP contribution in [0, 0.1) is 11.3 Å². The van der Waals surface area contributed by atoms with E-state index in [9.17, 15) is 5.26 Å². The van der Waals surface area contributed by atoms with Gasteiger partial charge in [-0.2, -0.15) is 5.26 Å². The van der Waals surface area contributed by atoms with E-state index in [0.29, 0.717) is 24.8 Å². The van der Waals surface area contributed by atoms with Crippen molar-refractivity contribution < 1.29 is 14.2 Å². The third-order valence-corrected chi connectivity index (χ3v) is 6.77. The number of likely N-dealkylation sites (tertiary alicyclic amines) is 1. The molecule has 0 bridgehead atoms. The Morgan fingerprint density at radius 3 is 2.69 bits per heavy atom. The molecule has 2 aliphatic rings. The van der Waals surface area contributed by atoms with Gasteiger partial charge in [0.1, 0.15) is 25.0 Å². The summed E-state index contributed by atoms with van der Waals surface area (Å²) in [4.78, 5) is 6.94. The average Bonchev–Trinajstić information content (AvgIpc) is 2.90. The van der Waals surface area contributed by atoms with Gasteiger partial charge in [0.25, 0.3) is 0 Å². The van der Waals surface area contributed by atoms with Gasteiger partial charge in [-0.05, 0) is 73.8 Å². The number of rotatable bonds is 7. The minimum Gasteiger partial charge on any atom is -0.497 e. The number of ether oxygens (including phenoxy) is 3. The van der Waals surface area contributed by atoms with Crippen molar-refractivity contribution >= 4 is 23.3 Å². The highest BCUT2D eigenvalue weighted by Gasteiger charge is 2.20. The molecule has 1 N–H and O–H groups in total. The number of fused-ring (bicyclic) bond motifs is 2. The van der Waals surface area contributed by atoms with Crippen LogP contribution in [-0.4, -0.2) is 55.9 Å². The molecule has 1 saturated heterocycles. The third-order valence-electron chi connectivity index (χ3n) is 6.77. The van der Waals surface area contributed by atoms with Gasteiger partial charge in [0.2, 0.25) is 0 Å². The second-order valence-corrected chi connectivity index (χ2v) is 8.87. The Morgan fingerprint density at radius 1 is 1.11 bits per heavy atom. The van der Waals surface area contributed by atoms with Crippen LogP contribution in [0.4, 0.5) is 0 Å². The first-order chi connectivity index (χ1) is 16.7. The molecule has 2 aliphatic heterocycles. The molecule has 0 spiro atoms. The average molecular weight is 495 g/mol. The van der Waals surface area contributed by atoms with Crippen molar-refractivity contribution in [3.8, 4) is 23.3 Å². The van der Waals surface area contributed by atoms with E-state index in [2.05, 4.69) is 33.4 Å². The van der Waals surface area contributed by atoms with Gasteiger partial charge in [-0.15, -0.1) is 12.4 Å². The normalized spacial score (nSPS) is 15.9. The monoisotopic (exact) mass is 494 g/mol. The molecular weight excluding hydrogens is 464 g/mol. The fraction of sp³-hybridized carbons (Fsp3) is 0.407. The molecule has 0 amide bonds. The first-order valence-electron chi connectivity index (χ1n) is 11.9. The molecule has 35 heavy (non-hydrogen) atoms. The van der Waals surface area contributed by atoms with Gasteiger partial charge in [-0.25, -0.2) is 0 Å². The smallest absolute Gasteiger partial charge is 0.161 e. The van der Waals surface area contributed by atoms with Crippen molar-refractivity contribution in [2.75, 3.05) is 40.0 Å². The number of aromatic nitrogens is 1. The van der Waals surface area contributed by atoms with E-state index in [1.807, 2.05) is 24.3 Å². The second-order valence-electron chi connectivity index (χ2n) is 8.87. The van der Waals surface area contributed by atoms with Crippen molar-refractivity contribution in [1.29, 1.82) is 5.26 Å². The molecule has 0 unspecified atom stereocenters. The Morgan fingerprint density at radius 2 is 1.91 bits per heavy atom. The molecular formula is C27H31ClN4O3. The minimum atomic E-state index is 0. The quantitative estimate of drug-likeness (QED) is 0.529. The van der Waals surface area contributed by atoms with Crippen LogP contribution in [0.25, 0.3) is 10.9 Å². The van der Waals surface area contributed by atoms with Crippen LogP contribution in [0.5, 0.6) is 17.2 Å². The number of hydrogen-bond acceptors (Lipinski definition) is 7. The third kappa shape index (κ3) is 5.79. The van der Waals surface area contributed by atoms with Crippen LogP contribution in [0.2, 0.25) is 0 Å². The molecule has 184 valence electrons. The van der Waals surface area contributed by atoms with E-state index in [0.717, 1.165) is 79.2 Å². The predicted molar refractivity (Wildman–Crippen MR) is 138 cm³/mol. The van der Waals surface area contributed by atoms with Crippen LogP contribution in [0.15, 0.2) is 42.6 Å². The lowest BCUT2D eigenvalue weighted by molar-refractivity contribution is 0.171. The first-order valence-corrected chi connectivity index (χ1v) is 11.9. The fourth-order valence-electron chi connectivity index (χ4n) is 4.81. The van der Waals surface area contributed by atoms with Gasteiger partial charge >= 0.3 is 0 Å². The zero-order valence-electron chi connectivity index (χ0n) is 20.0. The van der Waals surface area contributed by atoms with Gasteiger partial charge in [0, 0.05) is 30.7 Å². The van der Waals surface area contributed by atoms with E-state index >= 15 is 0 Å². The number of benzene rings is 2. The summed E-state index contributed by atoms with van der Waals surface area (Å²) in [5, 5.41) is 14.4. The maximum absolute atomic E-state index is 9.64. The van der Waals surface area contributed by atoms with E-state index in [1.165, 1.54) is 5.56 Å². The largest absolute Gasteiger partial charge is 0.497 e. The van der Waals surface area contributed by atoms with E-state index < -0.39 is 0 Å². The molecule has 5 rings (SSSR count). The minimum absolute atomic E-state index is 0. The number of methoxy groups -OCH3 is 1. The highest BCUT2D eigenvalue weighted by atomic mass is 35.5. The van der Waals surface area contributed by atoms with Crippen molar-refractivity contribution in [1.82, 2.24) is 15.2 Å². The molecule has 1 fully saturated rings. The van der Waals surface area contributed by atoms with Gasteiger partial charge in [-0.3, -0.25) is 4.98 Å². The summed E-state index contributed by atoms with van der Waals surface area (Å²) in [6, 6.07) is 14.9. The van der Waals surface area contributed by atoms with Crippen molar-refractivity contribution in [2.24, 2.45) is 0 Å². The number of nitriles is 1. The van der Waals surface area contributed by atoms with E-state index in [4.69, 9.17) is 14.2 Å². The SMILES string of the molecule is COc1ccc2ncc(C#N)c(CCN3CCC(NCc4ccc5c(c4)OCCO5)CC3)c2c1.Cl. The molecule has 0 saturated carbocycles. The molecule has 3 heterocycles. The standard InChI is InChI=1S/C27H30N4O3.ClH/c1-32-22-3-4-25-24(15-22)23(20(16-28)18-30-25)8-11-31-9-6-21(7-10-31)29-17-19-2-5-26-27(14-19)34-13-12-33-26;/h2-5,14-15,18,21,29H,6-13,17H2,1H3;1H. The van der Waals surface area contributed by atoms with E-state index in [1.54, 1.807) is 13.3 Å². The molecule has 7 nitrogen and oxygen atoms in total. The zero-order chi connectivity index (χ0) is 23.3. The second kappa shape index (κ2) is 11.6. The Bertz CT molecular complexity index is 1200. The summed E-state index contributed by atoms with van der Waals surface area (Å²) in [5.74, 6) is 2.47. The number of piperidine rings is 1. The van der Waals surface area contributed by atoms with Gasteiger partial charge in [0.05, 0.1) is 18.2 Å². The predicted octanol–water partition coefficient (Wildman–Crippen LogP) is 4.10. The maximum atomic E-state index is 9.64. The van der Waals surface area contributed by atoms with E-state index in [-0.39, 0.29) is 12.4 Å². The van der Waals surface area contributed by atoms with Crippen LogP contribution in [-0.2, 0) is 13.0 Å². The summed E-state index contributed by atoms with van der Waals surface area (Å²) in [5.41, 5.74) is 3.83. The van der Waals surface area contributed by atoms with Gasteiger partial charge in [-0.1, -0.05) is 6.07 Å². The number of halogens is 1. The number of pyridine rings is 1. The summed E-state index contributed by atoms with van der Waals surface area (Å²) in [6.45, 7) is 5.09. The summed E-state index contributed by atoms with van der Waals surface area (Å²) < 4.78 is 16.7. The lowest BCUT2D eigenvalue weighted by Gasteiger charge is -2.32. The molecule has 3 aromatic rings. The molecule has 2 aromatic carbocycles. The fourth-order valence-corrected chi connectivity index (χ4v) is 4.81. The van der Waals surface area contributed by atoms with Crippen LogP contribution in [0.3, 0.4) is 0 Å². The van der Waals surface area contributed by atoms with Crippen molar-refractivity contribution in [3.63, 3.8) is 0 Å². The van der Waals surface area contributed by atoms with Gasteiger partial charge < -0.3 is 24.4 Å². The Balaban J connectivity index is 0.00000289. The zero-order valence-corrected chi connectivity index (χ0v) is 20.8. The van der Waals surface area contributed by atoms with Gasteiger partial charge in [0.15, 0.2) is 11.5 Å². The van der Waals surface area contributed by atoms with Crippen molar-refractivity contribution in [3.05, 3.63) is 59.3 Å². The topological polar surface area (TPSA) is 79.6 Å². The Labute approximate surface area is 212 Å². The Hall–Kier alpha value is -3.05. The highest BCUT2D eigenvalue weighted by Crippen LogP contribution is 2.31. The summed E-state index contributed by atoms with van der Waals surface area (Å²) in [7, 11) is 1.66. The maximum Gasteiger partial charge on any atom is 0.161 e. The molecule has 1 aromatic heterocycles. The lowest BCUT2D eigenvalue weighted by Crippen LogP contribution is -2.42. The summed E-state index contributed by atoms with van der Waals surface area (Å²) >= 11 is 0. The van der Waals surface area contributed by atoms with Crippen molar-refractivity contribution in [2.45, 2.75) is 31.8 Å². The number of hydrogen-bond donors (Lipinski definition) is 1. The molecule has 0 atom stereocenters.